The normalized spacial score (nSPS) is 11.7. The minimum atomic E-state index is -0.126. The first kappa shape index (κ1) is 19.4. The van der Waals surface area contributed by atoms with Gasteiger partial charge in [-0.05, 0) is 49.7 Å². The molecule has 0 spiro atoms. The van der Waals surface area contributed by atoms with E-state index in [1.165, 1.54) is 0 Å². The third-order valence-electron chi connectivity index (χ3n) is 5.01. The molecule has 7 nitrogen and oxygen atoms in total. The van der Waals surface area contributed by atoms with Crippen LogP contribution in [0.1, 0.15) is 18.1 Å². The van der Waals surface area contributed by atoms with Crippen molar-refractivity contribution < 1.29 is 4.74 Å². The van der Waals surface area contributed by atoms with E-state index in [-0.39, 0.29) is 5.56 Å². The smallest absolute Gasteiger partial charge is 0.280 e. The number of fused-ring (bicyclic) bond motifs is 1. The molecular formula is C23H23N5O2. The number of anilines is 1. The van der Waals surface area contributed by atoms with Crippen molar-refractivity contribution in [1.29, 1.82) is 0 Å². The molecule has 0 aliphatic heterocycles. The Kier molecular flexibility index (Phi) is 5.10. The second-order valence-electron chi connectivity index (χ2n) is 7.09. The first-order valence-electron chi connectivity index (χ1n) is 9.58. The lowest BCUT2D eigenvalue weighted by atomic mass is 10.1. The second kappa shape index (κ2) is 7.87. The number of methoxy groups -OCH3 is 1. The van der Waals surface area contributed by atoms with Gasteiger partial charge in [-0.1, -0.05) is 18.2 Å². The minimum Gasteiger partial charge on any atom is -0.497 e. The number of benzene rings is 2. The van der Waals surface area contributed by atoms with Gasteiger partial charge in [-0.15, -0.1) is 0 Å². The predicted molar refractivity (Wildman–Crippen MR) is 120 cm³/mol. The van der Waals surface area contributed by atoms with Crippen molar-refractivity contribution in [2.75, 3.05) is 12.5 Å². The number of aryl methyl sites for hydroxylation is 2. The van der Waals surface area contributed by atoms with Gasteiger partial charge in [-0.3, -0.25) is 14.9 Å². The molecule has 0 aliphatic carbocycles. The van der Waals surface area contributed by atoms with Crippen molar-refractivity contribution in [1.82, 2.24) is 14.3 Å². The van der Waals surface area contributed by atoms with E-state index in [2.05, 4.69) is 15.5 Å². The van der Waals surface area contributed by atoms with Gasteiger partial charge >= 0.3 is 0 Å². The van der Waals surface area contributed by atoms with Gasteiger partial charge in [0.25, 0.3) is 5.56 Å². The van der Waals surface area contributed by atoms with E-state index in [1.807, 2.05) is 68.6 Å². The predicted octanol–water partition coefficient (Wildman–Crippen LogP) is 3.88. The first-order chi connectivity index (χ1) is 14.5. The maximum absolute atomic E-state index is 12.9. The zero-order chi connectivity index (χ0) is 21.3. The number of pyridine rings is 1. The van der Waals surface area contributed by atoms with Crippen LogP contribution in [0.25, 0.3) is 16.6 Å². The highest BCUT2D eigenvalue weighted by molar-refractivity contribution is 5.98. The van der Waals surface area contributed by atoms with E-state index >= 15 is 0 Å². The molecule has 0 atom stereocenters. The van der Waals surface area contributed by atoms with E-state index < -0.39 is 0 Å². The molecule has 4 aromatic rings. The fraction of sp³-hybridized carbons (Fsp3) is 0.174. The summed E-state index contributed by atoms with van der Waals surface area (Å²) < 4.78 is 8.66. The summed E-state index contributed by atoms with van der Waals surface area (Å²) in [5.41, 5.74) is 6.65. The Morgan fingerprint density at radius 1 is 1.13 bits per heavy atom. The summed E-state index contributed by atoms with van der Waals surface area (Å²) >= 11 is 0. The molecule has 0 amide bonds. The summed E-state index contributed by atoms with van der Waals surface area (Å²) in [4.78, 5) is 17.6. The second-order valence-corrected chi connectivity index (χ2v) is 7.09. The average Bonchev–Trinajstić information content (AvgIpc) is 3.06. The molecule has 0 fully saturated rings. The minimum absolute atomic E-state index is 0.126. The lowest BCUT2D eigenvalue weighted by molar-refractivity contribution is 0.415. The van der Waals surface area contributed by atoms with Crippen molar-refractivity contribution >= 4 is 22.4 Å². The number of nitrogens with one attached hydrogen (secondary N) is 1. The van der Waals surface area contributed by atoms with Gasteiger partial charge in [0.05, 0.1) is 29.6 Å². The SMILES string of the molecule is COc1ccc2c(C)cc(N/N=C(\C)c3cn(C)n(-c4ccccc4)c3=O)nc2c1. The molecule has 2 aromatic heterocycles. The molecule has 2 aromatic carbocycles. The Morgan fingerprint density at radius 3 is 2.63 bits per heavy atom. The van der Waals surface area contributed by atoms with Crippen LogP contribution in [-0.2, 0) is 7.05 Å². The fourth-order valence-electron chi connectivity index (χ4n) is 3.44. The number of hydrazone groups is 1. The van der Waals surface area contributed by atoms with Crippen LogP contribution < -0.4 is 15.7 Å². The van der Waals surface area contributed by atoms with E-state index in [1.54, 1.807) is 29.6 Å². The molecule has 30 heavy (non-hydrogen) atoms. The monoisotopic (exact) mass is 401 g/mol. The fourth-order valence-corrected chi connectivity index (χ4v) is 3.44. The Labute approximate surface area is 174 Å². The van der Waals surface area contributed by atoms with Crippen molar-refractivity contribution in [3.05, 3.63) is 82.3 Å². The van der Waals surface area contributed by atoms with Crippen LogP contribution in [0.2, 0.25) is 0 Å². The number of hydrogen-bond acceptors (Lipinski definition) is 5. The van der Waals surface area contributed by atoms with Gasteiger partial charge in [-0.2, -0.15) is 5.10 Å². The zero-order valence-corrected chi connectivity index (χ0v) is 17.4. The van der Waals surface area contributed by atoms with Crippen LogP contribution in [0, 0.1) is 6.92 Å². The molecule has 2 heterocycles. The topological polar surface area (TPSA) is 73.4 Å². The van der Waals surface area contributed by atoms with Crippen LogP contribution in [0.3, 0.4) is 0 Å². The molecule has 0 aliphatic rings. The largest absolute Gasteiger partial charge is 0.497 e. The molecule has 0 unspecified atom stereocenters. The summed E-state index contributed by atoms with van der Waals surface area (Å²) in [7, 11) is 3.46. The zero-order valence-electron chi connectivity index (χ0n) is 17.4. The number of para-hydroxylation sites is 1. The standard InChI is InChI=1S/C23H23N5O2/c1-15-12-22(24-21-13-18(30-4)10-11-19(15)21)26-25-16(2)20-14-27(3)28(23(20)29)17-8-6-5-7-9-17/h5-14H,1-4H3,(H,24,26)/b25-16+. The van der Waals surface area contributed by atoms with Crippen molar-refractivity contribution in [2.45, 2.75) is 13.8 Å². The third kappa shape index (κ3) is 3.57. The van der Waals surface area contributed by atoms with Crippen LogP contribution in [0.5, 0.6) is 5.75 Å². The molecular weight excluding hydrogens is 378 g/mol. The van der Waals surface area contributed by atoms with Crippen LogP contribution in [-0.4, -0.2) is 27.2 Å². The Morgan fingerprint density at radius 2 is 1.90 bits per heavy atom. The number of hydrogen-bond donors (Lipinski definition) is 1. The molecule has 1 N–H and O–H groups in total. The number of ether oxygens (including phenoxy) is 1. The maximum Gasteiger partial charge on any atom is 0.280 e. The van der Waals surface area contributed by atoms with Crippen LogP contribution >= 0.6 is 0 Å². The molecule has 0 bridgehead atoms. The summed E-state index contributed by atoms with van der Waals surface area (Å²) in [6, 6.07) is 17.2. The van der Waals surface area contributed by atoms with E-state index in [9.17, 15) is 4.79 Å². The van der Waals surface area contributed by atoms with E-state index in [0.717, 1.165) is 27.9 Å². The van der Waals surface area contributed by atoms with Gasteiger partial charge in [0.15, 0.2) is 0 Å². The van der Waals surface area contributed by atoms with Gasteiger partial charge in [0.1, 0.15) is 11.6 Å². The van der Waals surface area contributed by atoms with Crippen molar-refractivity contribution in [3.63, 3.8) is 0 Å². The van der Waals surface area contributed by atoms with Gasteiger partial charge in [0, 0.05) is 24.7 Å². The highest BCUT2D eigenvalue weighted by atomic mass is 16.5. The summed E-state index contributed by atoms with van der Waals surface area (Å²) in [5, 5.41) is 5.46. The molecule has 0 saturated carbocycles. The van der Waals surface area contributed by atoms with E-state index in [0.29, 0.717) is 17.1 Å². The summed E-state index contributed by atoms with van der Waals surface area (Å²) in [5.74, 6) is 1.35. The average molecular weight is 401 g/mol. The summed E-state index contributed by atoms with van der Waals surface area (Å²) in [6.07, 6.45) is 1.78. The maximum atomic E-state index is 12.9. The van der Waals surface area contributed by atoms with Gasteiger partial charge in [0.2, 0.25) is 0 Å². The molecule has 0 radical (unpaired) electrons. The first-order valence-corrected chi connectivity index (χ1v) is 9.58. The van der Waals surface area contributed by atoms with Crippen LogP contribution in [0.15, 0.2) is 70.7 Å². The van der Waals surface area contributed by atoms with Crippen molar-refractivity contribution in [3.8, 4) is 11.4 Å². The van der Waals surface area contributed by atoms with Gasteiger partial charge < -0.3 is 4.74 Å². The Balaban J connectivity index is 1.66. The number of rotatable bonds is 5. The lowest BCUT2D eigenvalue weighted by Gasteiger charge is -2.08. The van der Waals surface area contributed by atoms with Crippen molar-refractivity contribution in [2.24, 2.45) is 12.1 Å². The summed E-state index contributed by atoms with van der Waals surface area (Å²) in [6.45, 7) is 3.82. The van der Waals surface area contributed by atoms with E-state index in [4.69, 9.17) is 4.74 Å². The molecule has 7 heteroatoms. The van der Waals surface area contributed by atoms with Crippen LogP contribution in [0.4, 0.5) is 5.82 Å². The highest BCUT2D eigenvalue weighted by Crippen LogP contribution is 2.24. The molecule has 0 saturated heterocycles. The Bertz CT molecular complexity index is 1300. The molecule has 152 valence electrons. The number of aromatic nitrogens is 3. The lowest BCUT2D eigenvalue weighted by Crippen LogP contribution is -2.22. The van der Waals surface area contributed by atoms with Gasteiger partial charge in [-0.25, -0.2) is 9.67 Å². The Hall–Kier alpha value is -3.87. The highest BCUT2D eigenvalue weighted by Gasteiger charge is 2.13. The molecule has 4 rings (SSSR count). The number of nitrogens with zero attached hydrogens (tertiary/aromatic N) is 4. The third-order valence-corrected chi connectivity index (χ3v) is 5.01. The quantitative estimate of drug-likeness (QED) is 0.407.